The fourth-order valence-corrected chi connectivity index (χ4v) is 2.84. The molecule has 2 heterocycles. The number of thiocarbonyl (C=S) groups is 1. The second-order valence-electron chi connectivity index (χ2n) is 5.87. The Balaban J connectivity index is 1.77. The van der Waals surface area contributed by atoms with Gasteiger partial charge < -0.3 is 25.0 Å². The van der Waals surface area contributed by atoms with Crippen LogP contribution in [0.1, 0.15) is 12.8 Å². The van der Waals surface area contributed by atoms with Crippen molar-refractivity contribution in [1.29, 1.82) is 0 Å². The average molecular weight is 373 g/mol. The molecule has 1 fully saturated rings. The Morgan fingerprint density at radius 1 is 1.19 bits per heavy atom. The number of anilines is 2. The minimum Gasteiger partial charge on any atom is -0.439 e. The molecule has 26 heavy (non-hydrogen) atoms. The number of aromatic nitrogens is 2. The number of nitrogens with zero attached hydrogens (tertiary/aromatic N) is 3. The Morgan fingerprint density at radius 3 is 2.69 bits per heavy atom. The lowest BCUT2D eigenvalue weighted by Gasteiger charge is -2.18. The summed E-state index contributed by atoms with van der Waals surface area (Å²) in [5.41, 5.74) is 0. The molecule has 0 atom stereocenters. The molecule has 0 bridgehead atoms. The molecular weight excluding hydrogens is 350 g/mol. The molecule has 138 valence electrons. The van der Waals surface area contributed by atoms with Crippen LogP contribution in [0.25, 0.3) is 0 Å². The van der Waals surface area contributed by atoms with E-state index in [-0.39, 0.29) is 0 Å². The number of benzene rings is 1. The molecule has 2 aromatic rings. The van der Waals surface area contributed by atoms with Crippen molar-refractivity contribution in [1.82, 2.24) is 15.3 Å². The molecule has 1 aromatic heterocycles. The third-order valence-electron chi connectivity index (χ3n) is 3.90. The Labute approximate surface area is 158 Å². The molecular formula is C18H23N5O2S. The highest BCUT2D eigenvalue weighted by molar-refractivity contribution is 7.80. The van der Waals surface area contributed by atoms with Crippen LogP contribution in [-0.2, 0) is 4.74 Å². The Morgan fingerprint density at radius 2 is 1.96 bits per heavy atom. The van der Waals surface area contributed by atoms with Crippen LogP contribution in [0.3, 0.4) is 0 Å². The van der Waals surface area contributed by atoms with Gasteiger partial charge in [-0.3, -0.25) is 0 Å². The second kappa shape index (κ2) is 9.30. The fourth-order valence-electron chi connectivity index (χ4n) is 2.65. The van der Waals surface area contributed by atoms with Crippen molar-refractivity contribution in [3.05, 3.63) is 36.4 Å². The zero-order valence-corrected chi connectivity index (χ0v) is 15.6. The lowest BCUT2D eigenvalue weighted by Crippen LogP contribution is -2.32. The molecule has 0 aliphatic carbocycles. The van der Waals surface area contributed by atoms with E-state index in [0.29, 0.717) is 30.1 Å². The number of hydrogen-bond acceptors (Lipinski definition) is 6. The highest BCUT2D eigenvalue weighted by Gasteiger charge is 2.17. The summed E-state index contributed by atoms with van der Waals surface area (Å²) < 4.78 is 10.9. The quantitative estimate of drug-likeness (QED) is 0.567. The summed E-state index contributed by atoms with van der Waals surface area (Å²) in [5.74, 6) is 2.46. The van der Waals surface area contributed by atoms with E-state index >= 15 is 0 Å². The SMILES string of the molecule is COCCNC(=S)Nc1nc(Oc2ccccc2)cc(N2CCCC2)n1. The molecule has 0 spiro atoms. The third-order valence-corrected chi connectivity index (χ3v) is 4.15. The number of methoxy groups -OCH3 is 1. The van der Waals surface area contributed by atoms with Gasteiger partial charge in [-0.25, -0.2) is 0 Å². The Hall–Kier alpha value is -2.45. The van der Waals surface area contributed by atoms with Gasteiger partial charge in [-0.15, -0.1) is 0 Å². The van der Waals surface area contributed by atoms with Crippen molar-refractivity contribution >= 4 is 29.1 Å². The molecule has 1 aliphatic rings. The van der Waals surface area contributed by atoms with Gasteiger partial charge in [0.1, 0.15) is 11.6 Å². The van der Waals surface area contributed by atoms with E-state index in [9.17, 15) is 0 Å². The van der Waals surface area contributed by atoms with Gasteiger partial charge in [-0.05, 0) is 37.2 Å². The van der Waals surface area contributed by atoms with E-state index in [1.54, 1.807) is 7.11 Å². The molecule has 0 radical (unpaired) electrons. The lowest BCUT2D eigenvalue weighted by molar-refractivity contribution is 0.204. The van der Waals surface area contributed by atoms with E-state index in [1.807, 2.05) is 36.4 Å². The van der Waals surface area contributed by atoms with Gasteiger partial charge in [-0.1, -0.05) is 18.2 Å². The standard InChI is InChI=1S/C18H23N5O2S/c1-24-12-9-19-18(26)22-17-20-15(23-10-5-6-11-23)13-16(21-17)25-14-7-3-2-4-8-14/h2-4,7-8,13H,5-6,9-12H2,1H3,(H2,19,20,21,22,26). The highest BCUT2D eigenvalue weighted by Crippen LogP contribution is 2.26. The first-order chi connectivity index (χ1) is 12.7. The lowest BCUT2D eigenvalue weighted by atomic mass is 10.3. The van der Waals surface area contributed by atoms with Gasteiger partial charge in [0.05, 0.1) is 6.61 Å². The minimum atomic E-state index is 0.412. The van der Waals surface area contributed by atoms with Crippen molar-refractivity contribution in [3.8, 4) is 11.6 Å². The molecule has 0 saturated carbocycles. The van der Waals surface area contributed by atoms with E-state index in [4.69, 9.17) is 21.7 Å². The van der Waals surface area contributed by atoms with Crippen molar-refractivity contribution in [2.75, 3.05) is 43.6 Å². The number of ether oxygens (including phenoxy) is 2. The van der Waals surface area contributed by atoms with Crippen LogP contribution in [-0.4, -0.2) is 48.4 Å². The summed E-state index contributed by atoms with van der Waals surface area (Å²) >= 11 is 5.29. The predicted octanol–water partition coefficient (Wildman–Crippen LogP) is 2.80. The summed E-state index contributed by atoms with van der Waals surface area (Å²) in [7, 11) is 1.65. The summed E-state index contributed by atoms with van der Waals surface area (Å²) in [6.45, 7) is 3.15. The maximum atomic E-state index is 5.90. The monoisotopic (exact) mass is 373 g/mol. The summed E-state index contributed by atoms with van der Waals surface area (Å²) in [5, 5.41) is 6.53. The zero-order chi connectivity index (χ0) is 18.2. The van der Waals surface area contributed by atoms with Crippen LogP contribution in [0.2, 0.25) is 0 Å². The number of hydrogen-bond donors (Lipinski definition) is 2. The maximum Gasteiger partial charge on any atom is 0.234 e. The van der Waals surface area contributed by atoms with E-state index in [0.717, 1.165) is 24.7 Å². The van der Waals surface area contributed by atoms with Gasteiger partial charge >= 0.3 is 0 Å². The molecule has 0 unspecified atom stereocenters. The molecule has 8 heteroatoms. The van der Waals surface area contributed by atoms with Gasteiger partial charge in [0.2, 0.25) is 11.8 Å². The molecule has 7 nitrogen and oxygen atoms in total. The van der Waals surface area contributed by atoms with Crippen LogP contribution in [0.5, 0.6) is 11.6 Å². The van der Waals surface area contributed by atoms with Crippen molar-refractivity contribution in [3.63, 3.8) is 0 Å². The first-order valence-corrected chi connectivity index (χ1v) is 9.06. The maximum absolute atomic E-state index is 5.90. The summed E-state index contributed by atoms with van der Waals surface area (Å²) in [6, 6.07) is 11.4. The van der Waals surface area contributed by atoms with Gasteiger partial charge in [0.25, 0.3) is 0 Å². The first kappa shape index (κ1) is 18.3. The molecule has 0 amide bonds. The smallest absolute Gasteiger partial charge is 0.234 e. The molecule has 2 N–H and O–H groups in total. The Bertz CT molecular complexity index is 723. The average Bonchev–Trinajstić information content (AvgIpc) is 3.17. The predicted molar refractivity (Wildman–Crippen MR) is 106 cm³/mol. The summed E-state index contributed by atoms with van der Waals surface area (Å²) in [4.78, 5) is 11.3. The number of rotatable bonds is 7. The summed E-state index contributed by atoms with van der Waals surface area (Å²) in [6.07, 6.45) is 2.33. The third kappa shape index (κ3) is 5.27. The normalized spacial score (nSPS) is 13.5. The van der Waals surface area contributed by atoms with Gasteiger partial charge in [0, 0.05) is 32.8 Å². The van der Waals surface area contributed by atoms with Crippen molar-refractivity contribution in [2.45, 2.75) is 12.8 Å². The van der Waals surface area contributed by atoms with Crippen molar-refractivity contribution < 1.29 is 9.47 Å². The highest BCUT2D eigenvalue weighted by atomic mass is 32.1. The van der Waals surface area contributed by atoms with Crippen LogP contribution in [0.15, 0.2) is 36.4 Å². The zero-order valence-electron chi connectivity index (χ0n) is 14.8. The van der Waals surface area contributed by atoms with Gasteiger partial charge in [-0.2, -0.15) is 9.97 Å². The van der Waals surface area contributed by atoms with E-state index in [1.165, 1.54) is 12.8 Å². The first-order valence-electron chi connectivity index (χ1n) is 8.65. The number of nitrogens with one attached hydrogen (secondary N) is 2. The van der Waals surface area contributed by atoms with E-state index in [2.05, 4.69) is 25.5 Å². The largest absolute Gasteiger partial charge is 0.439 e. The molecule has 1 saturated heterocycles. The Kier molecular flexibility index (Phi) is 6.56. The van der Waals surface area contributed by atoms with Crippen LogP contribution in [0.4, 0.5) is 11.8 Å². The van der Waals surface area contributed by atoms with Crippen LogP contribution in [0, 0.1) is 0 Å². The van der Waals surface area contributed by atoms with Crippen LogP contribution >= 0.6 is 12.2 Å². The minimum absolute atomic E-state index is 0.412. The van der Waals surface area contributed by atoms with E-state index < -0.39 is 0 Å². The molecule has 1 aliphatic heterocycles. The molecule has 3 rings (SSSR count). The fraction of sp³-hybridized carbons (Fsp3) is 0.389. The van der Waals surface area contributed by atoms with Gasteiger partial charge in [0.15, 0.2) is 5.11 Å². The van der Waals surface area contributed by atoms with Crippen molar-refractivity contribution in [2.24, 2.45) is 0 Å². The number of para-hydroxylation sites is 1. The van der Waals surface area contributed by atoms with Crippen LogP contribution < -0.4 is 20.3 Å². The molecule has 1 aromatic carbocycles. The second-order valence-corrected chi connectivity index (χ2v) is 6.28. The topological polar surface area (TPSA) is 71.5 Å².